The topological polar surface area (TPSA) is 86.6 Å². The van der Waals surface area contributed by atoms with E-state index in [1.807, 2.05) is 0 Å². The monoisotopic (exact) mass is 392 g/mol. The van der Waals surface area contributed by atoms with Gasteiger partial charge in [-0.3, -0.25) is 4.79 Å². The van der Waals surface area contributed by atoms with Gasteiger partial charge in [-0.05, 0) is 25.7 Å². The number of anilines is 1. The summed E-state index contributed by atoms with van der Waals surface area (Å²) in [6.45, 7) is 3.97. The maximum Gasteiger partial charge on any atom is 0.490 e. The Kier molecular flexibility index (Phi) is 5.09. The normalized spacial score (nSPS) is 27.4. The van der Waals surface area contributed by atoms with Crippen LogP contribution in [0.1, 0.15) is 25.7 Å². The molecule has 26 heavy (non-hydrogen) atoms. The number of nitrogens with zero attached hydrogens (tertiary/aromatic N) is 4. The van der Waals surface area contributed by atoms with E-state index < -0.39 is 12.1 Å². The van der Waals surface area contributed by atoms with Gasteiger partial charge in [0.2, 0.25) is 11.0 Å². The predicted molar refractivity (Wildman–Crippen MR) is 86.8 cm³/mol. The number of halogens is 3. The van der Waals surface area contributed by atoms with E-state index in [4.69, 9.17) is 9.90 Å². The molecular formula is C15H19F3N4O3S. The molecule has 2 unspecified atom stereocenters. The molecule has 1 aromatic rings. The molecule has 1 N–H and O–H groups in total. The molecule has 0 aromatic carbocycles. The van der Waals surface area contributed by atoms with Gasteiger partial charge in [0.25, 0.3) is 0 Å². The Morgan fingerprint density at radius 1 is 1.27 bits per heavy atom. The Bertz CT molecular complexity index is 664. The van der Waals surface area contributed by atoms with Crippen molar-refractivity contribution in [3.8, 4) is 0 Å². The van der Waals surface area contributed by atoms with Crippen LogP contribution in [0.15, 0.2) is 5.51 Å². The van der Waals surface area contributed by atoms with Crippen molar-refractivity contribution in [1.29, 1.82) is 0 Å². The van der Waals surface area contributed by atoms with Crippen molar-refractivity contribution >= 4 is 28.3 Å². The second-order valence-electron chi connectivity index (χ2n) is 6.85. The highest BCUT2D eigenvalue weighted by Gasteiger charge is 2.61. The molecule has 0 radical (unpaired) electrons. The molecule has 7 nitrogen and oxygen atoms in total. The van der Waals surface area contributed by atoms with Gasteiger partial charge in [0.1, 0.15) is 5.51 Å². The van der Waals surface area contributed by atoms with Crippen molar-refractivity contribution in [2.45, 2.75) is 31.9 Å². The first-order valence-electron chi connectivity index (χ1n) is 8.33. The van der Waals surface area contributed by atoms with Crippen molar-refractivity contribution in [1.82, 2.24) is 15.1 Å². The zero-order valence-electron chi connectivity index (χ0n) is 13.9. The second-order valence-corrected chi connectivity index (χ2v) is 7.66. The third kappa shape index (κ3) is 3.92. The number of carboxylic acids is 1. The van der Waals surface area contributed by atoms with Crippen LogP contribution in [-0.4, -0.2) is 64.4 Å². The number of hydrogen-bond acceptors (Lipinski definition) is 6. The Balaban J connectivity index is 0.000000242. The molecule has 4 rings (SSSR count). The highest BCUT2D eigenvalue weighted by atomic mass is 32.1. The highest BCUT2D eigenvalue weighted by Crippen LogP contribution is 2.59. The largest absolute Gasteiger partial charge is 0.490 e. The smallest absolute Gasteiger partial charge is 0.475 e. The molecule has 2 saturated heterocycles. The van der Waals surface area contributed by atoms with Gasteiger partial charge in [0.05, 0.1) is 0 Å². The first-order valence-corrected chi connectivity index (χ1v) is 9.21. The van der Waals surface area contributed by atoms with E-state index in [9.17, 15) is 18.0 Å². The second kappa shape index (κ2) is 7.01. The van der Waals surface area contributed by atoms with Crippen molar-refractivity contribution in [2.24, 2.45) is 11.3 Å². The minimum Gasteiger partial charge on any atom is -0.475 e. The molecule has 0 bridgehead atoms. The van der Waals surface area contributed by atoms with Crippen LogP contribution in [0.25, 0.3) is 0 Å². The van der Waals surface area contributed by atoms with E-state index in [1.54, 1.807) is 16.8 Å². The van der Waals surface area contributed by atoms with Crippen molar-refractivity contribution < 1.29 is 27.9 Å². The summed E-state index contributed by atoms with van der Waals surface area (Å²) in [6.07, 6.45) is -0.501. The summed E-state index contributed by atoms with van der Waals surface area (Å²) in [5, 5.41) is 16.2. The molecule has 1 aliphatic carbocycles. The minimum atomic E-state index is -5.08. The van der Waals surface area contributed by atoms with Crippen molar-refractivity contribution in [3.63, 3.8) is 0 Å². The molecule has 3 aliphatic rings. The summed E-state index contributed by atoms with van der Waals surface area (Å²) in [6, 6.07) is 0. The summed E-state index contributed by atoms with van der Waals surface area (Å²) in [7, 11) is 0. The number of carbonyl (C=O) groups is 2. The van der Waals surface area contributed by atoms with Gasteiger partial charge in [-0.1, -0.05) is 11.3 Å². The fourth-order valence-corrected chi connectivity index (χ4v) is 4.26. The molecule has 2 aliphatic heterocycles. The Hall–Kier alpha value is -1.91. The lowest BCUT2D eigenvalue weighted by molar-refractivity contribution is -0.192. The van der Waals surface area contributed by atoms with Crippen LogP contribution in [0.3, 0.4) is 0 Å². The summed E-state index contributed by atoms with van der Waals surface area (Å²) in [5.74, 6) is -2.06. The van der Waals surface area contributed by atoms with Crippen molar-refractivity contribution in [2.75, 3.05) is 31.1 Å². The minimum absolute atomic E-state index is 0.255. The SMILES string of the molecule is O=C(C1CC12CCN(c1nncs1)C2)N1CCCC1.O=C(O)C(F)(F)F. The fraction of sp³-hybridized carbons (Fsp3) is 0.733. The number of likely N-dealkylation sites (tertiary alicyclic amines) is 1. The van der Waals surface area contributed by atoms with Gasteiger partial charge in [0.15, 0.2) is 0 Å². The van der Waals surface area contributed by atoms with E-state index in [2.05, 4.69) is 20.0 Å². The van der Waals surface area contributed by atoms with E-state index in [1.165, 1.54) is 12.8 Å². The Labute approximate surface area is 151 Å². The predicted octanol–water partition coefficient (Wildman–Crippen LogP) is 2.01. The number of alkyl halides is 3. The fourth-order valence-electron chi connectivity index (χ4n) is 3.67. The van der Waals surface area contributed by atoms with E-state index in [0.717, 1.165) is 44.2 Å². The molecule has 3 heterocycles. The highest BCUT2D eigenvalue weighted by molar-refractivity contribution is 7.13. The van der Waals surface area contributed by atoms with Crippen LogP contribution in [-0.2, 0) is 9.59 Å². The summed E-state index contributed by atoms with van der Waals surface area (Å²) >= 11 is 1.59. The molecule has 1 spiro atoms. The molecule has 144 valence electrons. The number of aliphatic carboxylic acids is 1. The number of rotatable bonds is 2. The standard InChI is InChI=1S/C13H18N4OS.C2HF3O2/c18-11(16-4-1-2-5-16)10-7-13(10)3-6-17(8-13)12-15-14-9-19-12;3-2(4,5)1(6)7/h9-10H,1-8H2;(H,6,7). The number of carbonyl (C=O) groups excluding carboxylic acids is 1. The third-order valence-electron chi connectivity index (χ3n) is 5.15. The van der Waals surface area contributed by atoms with E-state index in [0.29, 0.717) is 5.91 Å². The average molecular weight is 392 g/mol. The zero-order chi connectivity index (χ0) is 18.9. The molecule has 1 aromatic heterocycles. The Morgan fingerprint density at radius 3 is 2.46 bits per heavy atom. The van der Waals surface area contributed by atoms with Crippen LogP contribution >= 0.6 is 11.3 Å². The Morgan fingerprint density at radius 2 is 1.92 bits per heavy atom. The van der Waals surface area contributed by atoms with Gasteiger partial charge < -0.3 is 14.9 Å². The number of aromatic nitrogens is 2. The van der Waals surface area contributed by atoms with Gasteiger partial charge in [0, 0.05) is 37.5 Å². The quantitative estimate of drug-likeness (QED) is 0.829. The zero-order valence-corrected chi connectivity index (χ0v) is 14.7. The first-order chi connectivity index (χ1) is 12.2. The third-order valence-corrected chi connectivity index (χ3v) is 5.90. The van der Waals surface area contributed by atoms with Crippen LogP contribution < -0.4 is 4.90 Å². The van der Waals surface area contributed by atoms with E-state index >= 15 is 0 Å². The molecule has 11 heteroatoms. The van der Waals surface area contributed by atoms with Crippen molar-refractivity contribution in [3.05, 3.63) is 5.51 Å². The molecule has 1 amide bonds. The number of amides is 1. The van der Waals surface area contributed by atoms with E-state index in [-0.39, 0.29) is 11.3 Å². The number of carboxylic acid groups (broad SMARTS) is 1. The summed E-state index contributed by atoms with van der Waals surface area (Å²) < 4.78 is 31.7. The average Bonchev–Trinajstić information content (AvgIpc) is 3.10. The van der Waals surface area contributed by atoms with Gasteiger partial charge in [-0.2, -0.15) is 13.2 Å². The summed E-state index contributed by atoms with van der Waals surface area (Å²) in [5.41, 5.74) is 2.03. The van der Waals surface area contributed by atoms with Crippen LogP contribution in [0.2, 0.25) is 0 Å². The van der Waals surface area contributed by atoms with Gasteiger partial charge >= 0.3 is 12.1 Å². The molecule has 1 saturated carbocycles. The molecular weight excluding hydrogens is 373 g/mol. The maximum absolute atomic E-state index is 12.4. The molecule has 2 atom stereocenters. The lowest BCUT2D eigenvalue weighted by atomic mass is 10.0. The maximum atomic E-state index is 12.4. The van der Waals surface area contributed by atoms with Gasteiger partial charge in [-0.15, -0.1) is 10.2 Å². The van der Waals surface area contributed by atoms with Crippen LogP contribution in [0.5, 0.6) is 0 Å². The molecule has 3 fully saturated rings. The lowest BCUT2D eigenvalue weighted by Gasteiger charge is -2.18. The van der Waals surface area contributed by atoms with Crippen LogP contribution in [0, 0.1) is 11.3 Å². The summed E-state index contributed by atoms with van der Waals surface area (Å²) in [4.78, 5) is 25.7. The van der Waals surface area contributed by atoms with Gasteiger partial charge in [-0.25, -0.2) is 4.79 Å². The lowest BCUT2D eigenvalue weighted by Crippen LogP contribution is -2.31. The number of hydrogen-bond donors (Lipinski definition) is 1. The first kappa shape index (κ1) is 18.9. The van der Waals surface area contributed by atoms with Crippen LogP contribution in [0.4, 0.5) is 18.3 Å².